The highest BCUT2D eigenvalue weighted by Gasteiger charge is 2.59. The minimum atomic E-state index is -2.20. The lowest BCUT2D eigenvalue weighted by Crippen LogP contribution is -2.68. The Labute approximate surface area is 453 Å². The summed E-state index contributed by atoms with van der Waals surface area (Å²) >= 11 is 0. The average Bonchev–Trinajstić information content (AvgIpc) is 3.50. The molecule has 0 radical (unpaired) electrons. The molecule has 36 heteroatoms. The van der Waals surface area contributed by atoms with Crippen LogP contribution in [0.5, 0.6) is 0 Å². The van der Waals surface area contributed by atoms with Crippen LogP contribution in [-0.2, 0) is 66.3 Å². The molecule has 21 rings (SSSR count). The number of ether oxygens (including phenoxy) is 14. The van der Waals surface area contributed by atoms with Crippen molar-refractivity contribution in [3.63, 3.8) is 0 Å². The van der Waals surface area contributed by atoms with E-state index in [1.165, 1.54) is 0 Å². The fraction of sp³-hybridized carbons (Fsp3) is 1.00. The van der Waals surface area contributed by atoms with E-state index in [1.54, 1.807) is 0 Å². The minimum Gasteiger partial charge on any atom is -0.394 e. The molecule has 0 aromatic rings. The third-order valence-corrected chi connectivity index (χ3v) is 15.3. The SMILES string of the molecule is NCCNC[C@@H]1O[C@@H]2O[C@H]3[C@H](O)[C@@H](O)[C@@H](O[C@H]4[C@H](O)[C@@H](O)[C@@H](O[C@H]5[C@H](O)[C@@H](O)[C@@H](O[C@H]6[C@H](O)[C@@H](O)[C@@H](O[C@H]7[C@H](O)[C@@H](O)[C@@H](O[C@H]8[C@H](O)[C@@H](O)[C@@H](O[C@H]1[C@H](O)[C@H]2O)O[C@@H]8CO)O[C@@H]7CO)O[C@@H]6CO)O[C@@H]5CO)O[C@@H]4CO)O[C@@H]3CO. The summed E-state index contributed by atoms with van der Waals surface area (Å²) in [5.74, 6) is 0. The van der Waals surface area contributed by atoms with Gasteiger partial charge < -0.3 is 179 Å². The predicted molar refractivity (Wildman–Crippen MR) is 243 cm³/mol. The summed E-state index contributed by atoms with van der Waals surface area (Å²) in [4.78, 5) is 0. The van der Waals surface area contributed by atoms with Crippen molar-refractivity contribution in [1.29, 1.82) is 0 Å². The first-order valence-corrected chi connectivity index (χ1v) is 25.9. The number of nitrogens with one attached hydrogen (secondary N) is 1. The standard InChI is InChI=1S/C44H76N2O34/c45-1-2-46-3-10-31-17(53)24(60)38(67-10)75-32-11(4-47)69-40(26(62)19(32)55)77-34-13(6-49)71-42(28(64)21(34)57)79-36-15(8-51)73-44(30(66)23(36)59)80-37-16(9-52)72-43(29(65)22(37)58)78-35-14(7-50)70-41(27(63)20(35)56)76-33-12(5-48)68-39(74-31)25(61)18(33)54/h10-44,46-66H,1-9,45H2/t10-,11+,12+,13+,14+,15+,16+,17+,18+,19+,20+,21+,22+,23+,24+,25+,26+,27+,28+,29+,30+,31+,32+,33+,34+,35+,36+,37+,38+,39+,40+,41+,42+,43+,44+/m0/s1. The summed E-state index contributed by atoms with van der Waals surface area (Å²) in [6.07, 6.45) is -69.1. The monoisotopic (exact) mass is 1180 g/mol. The van der Waals surface area contributed by atoms with E-state index in [1.807, 2.05) is 0 Å². The van der Waals surface area contributed by atoms with Crippen molar-refractivity contribution in [2.45, 2.75) is 215 Å². The molecule has 35 atom stereocenters. The molecule has 0 amide bonds. The van der Waals surface area contributed by atoms with Crippen LogP contribution in [0.15, 0.2) is 0 Å². The number of nitrogens with two attached hydrogens (primary N) is 1. The molecule has 21 heterocycles. The summed E-state index contributed by atoms with van der Waals surface area (Å²) in [5, 5.41) is 225. The number of aliphatic hydroxyl groups is 20. The van der Waals surface area contributed by atoms with Gasteiger partial charge in [-0.05, 0) is 0 Å². The van der Waals surface area contributed by atoms with Crippen molar-refractivity contribution >= 4 is 0 Å². The molecule has 23 N–H and O–H groups in total. The zero-order valence-corrected chi connectivity index (χ0v) is 42.3. The molecule has 0 aromatic heterocycles. The second kappa shape index (κ2) is 27.9. The Bertz CT molecular complexity index is 1880. The lowest BCUT2D eigenvalue weighted by molar-refractivity contribution is -0.396. The molecular formula is C44H76N2O34. The Morgan fingerprint density at radius 1 is 0.237 bits per heavy atom. The highest BCUT2D eigenvalue weighted by molar-refractivity contribution is 5.02. The number of aliphatic hydroxyl groups excluding tert-OH is 20. The first-order chi connectivity index (χ1) is 38.2. The number of hydrogen-bond donors (Lipinski definition) is 22. The van der Waals surface area contributed by atoms with Gasteiger partial charge in [-0.2, -0.15) is 0 Å². The summed E-state index contributed by atoms with van der Waals surface area (Å²) < 4.78 is 80.7. The van der Waals surface area contributed by atoms with Crippen LogP contribution in [0.1, 0.15) is 0 Å². The zero-order valence-electron chi connectivity index (χ0n) is 42.3. The van der Waals surface area contributed by atoms with E-state index in [0.717, 1.165) is 0 Å². The first-order valence-electron chi connectivity index (χ1n) is 25.9. The molecule has 80 heavy (non-hydrogen) atoms. The van der Waals surface area contributed by atoms with Gasteiger partial charge in [-0.1, -0.05) is 0 Å². The van der Waals surface area contributed by atoms with Gasteiger partial charge in [0.15, 0.2) is 44.0 Å². The van der Waals surface area contributed by atoms with Crippen molar-refractivity contribution in [1.82, 2.24) is 5.32 Å². The molecule has 0 unspecified atom stereocenters. The fourth-order valence-electron chi connectivity index (χ4n) is 10.8. The largest absolute Gasteiger partial charge is 0.394 e. The van der Waals surface area contributed by atoms with Crippen LogP contribution in [0, 0.1) is 0 Å². The number of hydrogen-bond acceptors (Lipinski definition) is 36. The molecule has 14 bridgehead atoms. The van der Waals surface area contributed by atoms with Crippen LogP contribution in [0.3, 0.4) is 0 Å². The van der Waals surface area contributed by atoms with E-state index in [4.69, 9.17) is 72.0 Å². The van der Waals surface area contributed by atoms with Crippen LogP contribution in [0.4, 0.5) is 0 Å². The Morgan fingerprint density at radius 3 is 0.562 bits per heavy atom. The molecule has 466 valence electrons. The number of rotatable bonds is 10. The fourth-order valence-corrected chi connectivity index (χ4v) is 10.8. The van der Waals surface area contributed by atoms with E-state index in [0.29, 0.717) is 0 Å². The second-order valence-electron chi connectivity index (χ2n) is 20.5. The summed E-state index contributed by atoms with van der Waals surface area (Å²) in [5.41, 5.74) is 5.66. The third-order valence-electron chi connectivity index (χ3n) is 15.3. The van der Waals surface area contributed by atoms with Crippen molar-refractivity contribution in [3.8, 4) is 0 Å². The van der Waals surface area contributed by atoms with E-state index in [2.05, 4.69) is 5.32 Å². The van der Waals surface area contributed by atoms with Crippen molar-refractivity contribution < 1.29 is 168 Å². The summed E-state index contributed by atoms with van der Waals surface area (Å²) in [6.45, 7) is -6.27. The van der Waals surface area contributed by atoms with Gasteiger partial charge in [-0.15, -0.1) is 0 Å². The molecule has 0 spiro atoms. The van der Waals surface area contributed by atoms with Crippen LogP contribution in [0.25, 0.3) is 0 Å². The van der Waals surface area contributed by atoms with Gasteiger partial charge in [0.1, 0.15) is 171 Å². The molecular weight excluding hydrogens is 1100 g/mol. The van der Waals surface area contributed by atoms with E-state index in [-0.39, 0.29) is 19.6 Å². The molecule has 0 aliphatic carbocycles. The topological polar surface area (TPSA) is 572 Å². The smallest absolute Gasteiger partial charge is 0.187 e. The van der Waals surface area contributed by atoms with E-state index in [9.17, 15) is 102 Å². The first kappa shape index (κ1) is 64.6. The predicted octanol–water partition coefficient (Wildman–Crippen LogP) is -15.7. The van der Waals surface area contributed by atoms with Crippen LogP contribution in [-0.4, -0.2) is 376 Å². The molecule has 0 saturated carbocycles. The third kappa shape index (κ3) is 13.0. The Kier molecular flexibility index (Phi) is 22.5. The maximum Gasteiger partial charge on any atom is 0.187 e. The van der Waals surface area contributed by atoms with Crippen molar-refractivity contribution in [3.05, 3.63) is 0 Å². The molecule has 21 aliphatic heterocycles. The van der Waals surface area contributed by atoms with Gasteiger partial charge in [0.25, 0.3) is 0 Å². The highest BCUT2D eigenvalue weighted by Crippen LogP contribution is 2.39. The van der Waals surface area contributed by atoms with Gasteiger partial charge >= 0.3 is 0 Å². The normalized spacial score (nSPS) is 53.7. The Hall–Kier alpha value is -1.44. The van der Waals surface area contributed by atoms with Gasteiger partial charge in [-0.25, -0.2) is 0 Å². The maximum absolute atomic E-state index is 11.6. The quantitative estimate of drug-likeness (QED) is 0.0903. The lowest BCUT2D eigenvalue weighted by atomic mass is 9.95. The highest BCUT2D eigenvalue weighted by atomic mass is 16.8. The molecule has 0 aromatic carbocycles. The van der Waals surface area contributed by atoms with Gasteiger partial charge in [-0.3, -0.25) is 0 Å². The van der Waals surface area contributed by atoms with Crippen molar-refractivity contribution in [2.24, 2.45) is 5.73 Å². The van der Waals surface area contributed by atoms with Crippen LogP contribution < -0.4 is 11.1 Å². The molecule has 21 fully saturated rings. The van der Waals surface area contributed by atoms with Gasteiger partial charge in [0, 0.05) is 19.6 Å². The molecule has 36 nitrogen and oxygen atoms in total. The average molecular weight is 1180 g/mol. The van der Waals surface area contributed by atoms with Crippen LogP contribution in [0.2, 0.25) is 0 Å². The van der Waals surface area contributed by atoms with Crippen LogP contribution >= 0.6 is 0 Å². The lowest BCUT2D eigenvalue weighted by Gasteiger charge is -2.50. The molecule has 21 aliphatic rings. The maximum atomic E-state index is 11.6. The Morgan fingerprint density at radius 2 is 0.400 bits per heavy atom. The van der Waals surface area contributed by atoms with E-state index < -0.39 is 255 Å². The Balaban J connectivity index is 1.09. The summed E-state index contributed by atoms with van der Waals surface area (Å²) in [6, 6.07) is 0. The van der Waals surface area contributed by atoms with Gasteiger partial charge in [0.05, 0.1) is 39.6 Å². The minimum absolute atomic E-state index is 0.0733. The second-order valence-corrected chi connectivity index (χ2v) is 20.5. The van der Waals surface area contributed by atoms with Gasteiger partial charge in [0.2, 0.25) is 0 Å². The molecule has 21 saturated heterocycles. The van der Waals surface area contributed by atoms with E-state index >= 15 is 0 Å². The van der Waals surface area contributed by atoms with Crippen molar-refractivity contribution in [2.75, 3.05) is 59.3 Å². The zero-order chi connectivity index (χ0) is 58.2. The summed E-state index contributed by atoms with van der Waals surface area (Å²) in [7, 11) is 0.